The van der Waals surface area contributed by atoms with Crippen molar-refractivity contribution in [1.29, 1.82) is 0 Å². The van der Waals surface area contributed by atoms with E-state index < -0.39 is 41.3 Å². The topological polar surface area (TPSA) is 87.5 Å². The zero-order chi connectivity index (χ0) is 33.2. The molecule has 1 N–H and O–H groups in total. The predicted octanol–water partition coefficient (Wildman–Crippen LogP) is 5.86. The highest BCUT2D eigenvalue weighted by Gasteiger charge is 2.46. The molecule has 0 spiro atoms. The molecule has 12 heteroatoms. The number of nitrogens with zero attached hydrogens (tertiary/aromatic N) is 4. The average Bonchev–Trinajstić information content (AvgIpc) is 3.40. The summed E-state index contributed by atoms with van der Waals surface area (Å²) >= 11 is 0. The second-order valence-corrected chi connectivity index (χ2v) is 10.8. The summed E-state index contributed by atoms with van der Waals surface area (Å²) in [6, 6.07) is 17.1. The molecule has 46 heavy (non-hydrogen) atoms. The number of alkyl halides is 3. The van der Waals surface area contributed by atoms with Crippen molar-refractivity contribution in [3.05, 3.63) is 125 Å². The van der Waals surface area contributed by atoms with Crippen molar-refractivity contribution in [1.82, 2.24) is 20.0 Å². The molecule has 2 atom stereocenters. The smallest absolute Gasteiger partial charge is 0.339 e. The number of aromatic nitrogens is 2. The van der Waals surface area contributed by atoms with Crippen LogP contribution in [0, 0.1) is 5.82 Å². The molecule has 3 aromatic carbocycles. The van der Waals surface area contributed by atoms with Crippen LogP contribution >= 0.6 is 0 Å². The van der Waals surface area contributed by atoms with Crippen LogP contribution in [0.1, 0.15) is 52.5 Å². The van der Waals surface area contributed by atoms with Gasteiger partial charge in [-0.3, -0.25) is 19.3 Å². The number of anilines is 1. The van der Waals surface area contributed by atoms with Crippen LogP contribution in [0.15, 0.2) is 91.0 Å². The lowest BCUT2D eigenvalue weighted by molar-refractivity contribution is -0.137. The van der Waals surface area contributed by atoms with Gasteiger partial charge in [0.1, 0.15) is 17.7 Å². The van der Waals surface area contributed by atoms with E-state index in [-0.39, 0.29) is 24.6 Å². The summed E-state index contributed by atoms with van der Waals surface area (Å²) in [4.78, 5) is 43.5. The lowest BCUT2D eigenvalue weighted by Crippen LogP contribution is -2.55. The van der Waals surface area contributed by atoms with Gasteiger partial charge >= 0.3 is 6.18 Å². The third kappa shape index (κ3) is 6.28. The Bertz CT molecular complexity index is 1780. The molecule has 1 aliphatic heterocycles. The fourth-order valence-electron chi connectivity index (χ4n) is 5.60. The second kappa shape index (κ2) is 13.0. The molecule has 8 nitrogen and oxygen atoms in total. The van der Waals surface area contributed by atoms with Crippen molar-refractivity contribution in [3.63, 3.8) is 0 Å². The minimum atomic E-state index is -4.68. The van der Waals surface area contributed by atoms with Gasteiger partial charge in [-0.25, -0.2) is 9.07 Å². The fourth-order valence-corrected chi connectivity index (χ4v) is 5.60. The molecular weight excluding hydrogens is 602 g/mol. The number of para-hydroxylation sites is 1. The molecule has 0 aliphatic carbocycles. The van der Waals surface area contributed by atoms with Crippen molar-refractivity contribution in [2.45, 2.75) is 38.5 Å². The van der Waals surface area contributed by atoms with Crippen LogP contribution in [-0.2, 0) is 22.3 Å². The highest BCUT2D eigenvalue weighted by atomic mass is 19.4. The lowest BCUT2D eigenvalue weighted by Gasteiger charge is -2.38. The largest absolute Gasteiger partial charge is 0.416 e. The van der Waals surface area contributed by atoms with Crippen molar-refractivity contribution in [3.8, 4) is 5.69 Å². The predicted molar refractivity (Wildman–Crippen MR) is 164 cm³/mol. The molecular formula is C34H31F4N5O3. The molecule has 2 heterocycles. The number of hydrogen-bond donors (Lipinski definition) is 1. The Labute approximate surface area is 262 Å². The van der Waals surface area contributed by atoms with Gasteiger partial charge < -0.3 is 10.2 Å². The van der Waals surface area contributed by atoms with Gasteiger partial charge in [-0.05, 0) is 68.0 Å². The molecule has 4 aromatic rings. The summed E-state index contributed by atoms with van der Waals surface area (Å²) in [5, 5.41) is 7.56. The summed E-state index contributed by atoms with van der Waals surface area (Å²) in [7, 11) is 1.60. The molecule has 1 aliphatic rings. The van der Waals surface area contributed by atoms with E-state index >= 15 is 0 Å². The number of halogens is 4. The number of amides is 3. The van der Waals surface area contributed by atoms with Gasteiger partial charge in [-0.2, -0.15) is 18.3 Å². The zero-order valence-corrected chi connectivity index (χ0v) is 25.3. The Morgan fingerprint density at radius 3 is 2.35 bits per heavy atom. The van der Waals surface area contributed by atoms with E-state index in [1.807, 2.05) is 6.07 Å². The highest BCUT2D eigenvalue weighted by Crippen LogP contribution is 2.44. The van der Waals surface area contributed by atoms with E-state index in [0.29, 0.717) is 28.3 Å². The van der Waals surface area contributed by atoms with Crippen LogP contribution in [0.4, 0.5) is 23.4 Å². The Morgan fingerprint density at radius 2 is 1.72 bits per heavy atom. The first-order chi connectivity index (χ1) is 21.9. The SMILES string of the molecule is C/C=C/C(=O)N(C)Cc1nn(-c2ccccc2)c2c1[C@H](c1ccc(F)cc1)[C@H](NC(=O)c1cccc(C(F)(F)F)c1)C(=O)N2CC. The highest BCUT2D eigenvalue weighted by molar-refractivity contribution is 6.05. The van der Waals surface area contributed by atoms with Gasteiger partial charge in [0.15, 0.2) is 0 Å². The third-order valence-electron chi connectivity index (χ3n) is 7.76. The van der Waals surface area contributed by atoms with Gasteiger partial charge in [-0.1, -0.05) is 42.5 Å². The van der Waals surface area contributed by atoms with Crippen molar-refractivity contribution in [2.24, 2.45) is 0 Å². The quantitative estimate of drug-likeness (QED) is 0.195. The van der Waals surface area contributed by atoms with Crippen molar-refractivity contribution < 1.29 is 31.9 Å². The molecule has 5 rings (SSSR count). The number of carbonyl (C=O) groups is 3. The van der Waals surface area contributed by atoms with Crippen LogP contribution < -0.4 is 10.2 Å². The van der Waals surface area contributed by atoms with E-state index in [1.165, 1.54) is 46.2 Å². The Balaban J connectivity index is 1.71. The fraction of sp³-hybridized carbons (Fsp3) is 0.235. The average molecular weight is 634 g/mol. The molecule has 0 saturated carbocycles. The van der Waals surface area contributed by atoms with E-state index in [1.54, 1.807) is 55.9 Å². The standard InChI is InChI=1S/C34H31F4N5O3/c1-4-10-27(44)41(3)20-26-29-28(21-15-17-24(35)18-16-21)30(39-31(45)22-11-9-12-23(19-22)34(36,37)38)33(46)42(5-2)32(29)43(40-26)25-13-7-6-8-14-25/h4,6-19,28,30H,5,20H2,1-3H3,(H,39,45)/b10-4+/t28-,30-/m0/s1. The summed E-state index contributed by atoms with van der Waals surface area (Å²) in [5.74, 6) is -2.79. The summed E-state index contributed by atoms with van der Waals surface area (Å²) in [6.45, 7) is 3.63. The number of rotatable bonds is 8. The van der Waals surface area contributed by atoms with E-state index in [9.17, 15) is 31.9 Å². The van der Waals surface area contributed by atoms with E-state index in [4.69, 9.17) is 5.10 Å². The number of likely N-dealkylation sites (N-methyl/N-ethyl adjacent to an activating group) is 2. The minimum Gasteiger partial charge on any atom is -0.339 e. The van der Waals surface area contributed by atoms with Gasteiger partial charge in [0.2, 0.25) is 5.91 Å². The van der Waals surface area contributed by atoms with E-state index in [2.05, 4.69) is 5.32 Å². The summed E-state index contributed by atoms with van der Waals surface area (Å²) in [6.07, 6.45) is -1.67. The first-order valence-electron chi connectivity index (χ1n) is 14.5. The molecule has 0 saturated heterocycles. The minimum absolute atomic E-state index is 0.0169. The second-order valence-electron chi connectivity index (χ2n) is 10.8. The molecule has 0 unspecified atom stereocenters. The molecule has 0 bridgehead atoms. The molecule has 0 radical (unpaired) electrons. The van der Waals surface area contributed by atoms with Gasteiger partial charge in [-0.15, -0.1) is 0 Å². The molecule has 1 aromatic heterocycles. The monoisotopic (exact) mass is 633 g/mol. The molecule has 238 valence electrons. The molecule has 3 amide bonds. The van der Waals surface area contributed by atoms with E-state index in [0.717, 1.165) is 18.2 Å². The van der Waals surface area contributed by atoms with Crippen molar-refractivity contribution >= 4 is 23.5 Å². The van der Waals surface area contributed by atoms with Crippen LogP contribution in [-0.4, -0.2) is 52.0 Å². The Morgan fingerprint density at radius 1 is 1.02 bits per heavy atom. The first kappa shape index (κ1) is 32.1. The van der Waals surface area contributed by atoms with Gasteiger partial charge in [0.25, 0.3) is 11.8 Å². The van der Waals surface area contributed by atoms with Crippen LogP contribution in [0.25, 0.3) is 5.69 Å². The Kier molecular flexibility index (Phi) is 9.08. The van der Waals surface area contributed by atoms with Gasteiger partial charge in [0, 0.05) is 30.6 Å². The number of hydrogen-bond acceptors (Lipinski definition) is 4. The Hall–Kier alpha value is -5.26. The third-order valence-corrected chi connectivity index (χ3v) is 7.76. The normalized spacial score (nSPS) is 16.4. The van der Waals surface area contributed by atoms with Gasteiger partial charge in [0.05, 0.1) is 23.5 Å². The van der Waals surface area contributed by atoms with Crippen LogP contribution in [0.5, 0.6) is 0 Å². The number of fused-ring (bicyclic) bond motifs is 1. The summed E-state index contributed by atoms with van der Waals surface area (Å²) in [5.41, 5.74) is 0.707. The molecule has 0 fully saturated rings. The van der Waals surface area contributed by atoms with Crippen LogP contribution in [0.2, 0.25) is 0 Å². The number of carbonyl (C=O) groups excluding carboxylic acids is 3. The number of nitrogens with one attached hydrogen (secondary N) is 1. The lowest BCUT2D eigenvalue weighted by atomic mass is 9.80. The first-order valence-corrected chi connectivity index (χ1v) is 14.5. The van der Waals surface area contributed by atoms with Crippen LogP contribution in [0.3, 0.4) is 0 Å². The summed E-state index contributed by atoms with van der Waals surface area (Å²) < 4.78 is 56.1. The zero-order valence-electron chi connectivity index (χ0n) is 25.3. The van der Waals surface area contributed by atoms with Crippen molar-refractivity contribution in [2.75, 3.05) is 18.5 Å². The number of allylic oxidation sites excluding steroid dienone is 1. The number of benzene rings is 3. The maximum Gasteiger partial charge on any atom is 0.416 e. The maximum atomic E-state index is 14.3. The maximum absolute atomic E-state index is 14.3.